The zero-order valence-corrected chi connectivity index (χ0v) is 12.1. The lowest BCUT2D eigenvalue weighted by molar-refractivity contribution is 0.112. The Morgan fingerprint density at radius 2 is 2.22 bits per heavy atom. The van der Waals surface area contributed by atoms with Crippen molar-refractivity contribution in [2.24, 2.45) is 5.92 Å². The lowest BCUT2D eigenvalue weighted by atomic mass is 10.1. The molecule has 0 radical (unpaired) electrons. The van der Waals surface area contributed by atoms with Crippen LogP contribution in [0.15, 0.2) is 29.2 Å². The van der Waals surface area contributed by atoms with E-state index in [2.05, 4.69) is 43.4 Å². The van der Waals surface area contributed by atoms with Gasteiger partial charge in [-0.2, -0.15) is 0 Å². The third-order valence-corrected chi connectivity index (χ3v) is 4.28. The van der Waals surface area contributed by atoms with Crippen molar-refractivity contribution in [3.63, 3.8) is 0 Å². The maximum atomic E-state index is 5.55. The molecule has 18 heavy (non-hydrogen) atoms. The summed E-state index contributed by atoms with van der Waals surface area (Å²) in [4.78, 5) is 1.46. The molecule has 1 N–H and O–H groups in total. The minimum atomic E-state index is 0.630. The fraction of sp³-hybridized carbons (Fsp3) is 0.600. The van der Waals surface area contributed by atoms with Crippen LogP contribution in [0.25, 0.3) is 0 Å². The first-order valence-corrected chi connectivity index (χ1v) is 7.66. The van der Waals surface area contributed by atoms with E-state index in [1.807, 2.05) is 11.8 Å². The van der Waals surface area contributed by atoms with E-state index < -0.39 is 0 Å². The summed E-state index contributed by atoms with van der Waals surface area (Å²) in [5.74, 6) is 0.630. The molecule has 0 bridgehead atoms. The van der Waals surface area contributed by atoms with Crippen molar-refractivity contribution < 1.29 is 4.74 Å². The van der Waals surface area contributed by atoms with Crippen molar-refractivity contribution in [3.05, 3.63) is 29.8 Å². The monoisotopic (exact) mass is 265 g/mol. The van der Waals surface area contributed by atoms with Crippen LogP contribution < -0.4 is 5.32 Å². The second kappa shape index (κ2) is 7.17. The molecule has 1 heterocycles. The van der Waals surface area contributed by atoms with E-state index in [1.165, 1.54) is 16.9 Å². The number of hydrogen-bond acceptors (Lipinski definition) is 3. The predicted molar refractivity (Wildman–Crippen MR) is 78.3 cm³/mol. The van der Waals surface area contributed by atoms with Gasteiger partial charge in [-0.05, 0) is 24.0 Å². The summed E-state index contributed by atoms with van der Waals surface area (Å²) in [5, 5.41) is 4.18. The summed E-state index contributed by atoms with van der Waals surface area (Å²) in [6.07, 6.45) is 1.20. The van der Waals surface area contributed by atoms with E-state index in [1.54, 1.807) is 0 Å². The van der Waals surface area contributed by atoms with Gasteiger partial charge in [-0.1, -0.05) is 32.0 Å². The predicted octanol–water partition coefficient (Wildman–Crippen LogP) is 2.97. The first-order chi connectivity index (χ1) is 8.75. The SMILES string of the molecule is CC(C)COCCNCC1Cc2ccccc2S1. The molecule has 0 aliphatic carbocycles. The molecule has 1 aromatic carbocycles. The summed E-state index contributed by atoms with van der Waals surface area (Å²) in [6, 6.07) is 8.73. The molecule has 2 rings (SSSR count). The highest BCUT2D eigenvalue weighted by molar-refractivity contribution is 8.00. The van der Waals surface area contributed by atoms with Crippen LogP contribution in [0.3, 0.4) is 0 Å². The average Bonchev–Trinajstić information content (AvgIpc) is 2.75. The number of fused-ring (bicyclic) bond motifs is 1. The van der Waals surface area contributed by atoms with E-state index in [4.69, 9.17) is 4.74 Å². The fourth-order valence-corrected chi connectivity index (χ4v) is 3.38. The Bertz CT molecular complexity index is 342. The number of ether oxygens (including phenoxy) is 1. The van der Waals surface area contributed by atoms with E-state index >= 15 is 0 Å². The van der Waals surface area contributed by atoms with Gasteiger partial charge in [-0.15, -0.1) is 11.8 Å². The second-order valence-corrected chi connectivity index (χ2v) is 6.57. The van der Waals surface area contributed by atoms with Gasteiger partial charge in [0.15, 0.2) is 0 Å². The van der Waals surface area contributed by atoms with Crippen LogP contribution >= 0.6 is 11.8 Å². The first kappa shape index (κ1) is 13.9. The Balaban J connectivity index is 1.57. The molecule has 0 spiro atoms. The quantitative estimate of drug-likeness (QED) is 0.766. The van der Waals surface area contributed by atoms with Crippen molar-refractivity contribution in [1.82, 2.24) is 5.32 Å². The second-order valence-electron chi connectivity index (χ2n) is 5.22. The van der Waals surface area contributed by atoms with Crippen LogP contribution in [-0.2, 0) is 11.2 Å². The number of nitrogens with one attached hydrogen (secondary N) is 1. The van der Waals surface area contributed by atoms with Crippen LogP contribution in [0.2, 0.25) is 0 Å². The van der Waals surface area contributed by atoms with Crippen LogP contribution in [0.1, 0.15) is 19.4 Å². The molecular weight excluding hydrogens is 242 g/mol. The summed E-state index contributed by atoms with van der Waals surface area (Å²) >= 11 is 2.00. The Morgan fingerprint density at radius 1 is 1.39 bits per heavy atom. The Labute approximate surface area is 114 Å². The zero-order valence-electron chi connectivity index (χ0n) is 11.3. The molecule has 100 valence electrons. The highest BCUT2D eigenvalue weighted by Gasteiger charge is 2.20. The number of rotatable bonds is 7. The molecule has 0 saturated carbocycles. The van der Waals surface area contributed by atoms with Crippen molar-refractivity contribution >= 4 is 11.8 Å². The summed E-state index contributed by atoms with van der Waals surface area (Å²) < 4.78 is 5.55. The maximum Gasteiger partial charge on any atom is 0.0591 e. The number of thioether (sulfide) groups is 1. The standard InChI is InChI=1S/C15H23NOS/c1-12(2)11-17-8-7-16-10-14-9-13-5-3-4-6-15(13)18-14/h3-6,12,14,16H,7-11H2,1-2H3. The average molecular weight is 265 g/mol. The molecule has 1 aliphatic rings. The minimum Gasteiger partial charge on any atom is -0.380 e. The summed E-state index contributed by atoms with van der Waals surface area (Å²) in [5.41, 5.74) is 1.50. The normalized spacial score (nSPS) is 18.3. The van der Waals surface area contributed by atoms with E-state index in [0.717, 1.165) is 26.3 Å². The fourth-order valence-electron chi connectivity index (χ4n) is 2.09. The van der Waals surface area contributed by atoms with Gasteiger partial charge >= 0.3 is 0 Å². The van der Waals surface area contributed by atoms with Crippen LogP contribution in [0.5, 0.6) is 0 Å². The minimum absolute atomic E-state index is 0.630. The molecule has 1 atom stereocenters. The van der Waals surface area contributed by atoms with Gasteiger partial charge in [-0.25, -0.2) is 0 Å². The molecule has 2 nitrogen and oxygen atoms in total. The smallest absolute Gasteiger partial charge is 0.0591 e. The zero-order chi connectivity index (χ0) is 12.8. The van der Waals surface area contributed by atoms with Crippen molar-refractivity contribution in [3.8, 4) is 0 Å². The molecule has 0 amide bonds. The maximum absolute atomic E-state index is 5.55. The van der Waals surface area contributed by atoms with Gasteiger partial charge < -0.3 is 10.1 Å². The molecule has 1 aliphatic heterocycles. The van der Waals surface area contributed by atoms with Gasteiger partial charge in [0.1, 0.15) is 0 Å². The molecule has 0 saturated heterocycles. The Morgan fingerprint density at radius 3 is 3.00 bits per heavy atom. The van der Waals surface area contributed by atoms with Crippen molar-refractivity contribution in [2.45, 2.75) is 30.4 Å². The molecule has 1 unspecified atom stereocenters. The third-order valence-electron chi connectivity index (χ3n) is 2.96. The summed E-state index contributed by atoms with van der Waals surface area (Å²) in [7, 11) is 0. The molecule has 3 heteroatoms. The lowest BCUT2D eigenvalue weighted by Crippen LogP contribution is -2.28. The topological polar surface area (TPSA) is 21.3 Å². The number of benzene rings is 1. The van der Waals surface area contributed by atoms with Crippen LogP contribution in [-0.4, -0.2) is 31.6 Å². The largest absolute Gasteiger partial charge is 0.380 e. The van der Waals surface area contributed by atoms with Gasteiger partial charge in [0.05, 0.1) is 6.61 Å². The lowest BCUT2D eigenvalue weighted by Gasteiger charge is -2.11. The van der Waals surface area contributed by atoms with Gasteiger partial charge in [0.2, 0.25) is 0 Å². The highest BCUT2D eigenvalue weighted by Crippen LogP contribution is 2.36. The van der Waals surface area contributed by atoms with Gasteiger partial charge in [0, 0.05) is 29.8 Å². The van der Waals surface area contributed by atoms with Gasteiger partial charge in [-0.3, -0.25) is 0 Å². The van der Waals surface area contributed by atoms with E-state index in [-0.39, 0.29) is 0 Å². The Kier molecular flexibility index (Phi) is 5.54. The molecule has 0 aromatic heterocycles. The van der Waals surface area contributed by atoms with Gasteiger partial charge in [0.25, 0.3) is 0 Å². The van der Waals surface area contributed by atoms with Crippen molar-refractivity contribution in [2.75, 3.05) is 26.3 Å². The van der Waals surface area contributed by atoms with Crippen LogP contribution in [0, 0.1) is 5.92 Å². The van der Waals surface area contributed by atoms with Crippen molar-refractivity contribution in [1.29, 1.82) is 0 Å². The van der Waals surface area contributed by atoms with Crippen LogP contribution in [0.4, 0.5) is 0 Å². The summed E-state index contributed by atoms with van der Waals surface area (Å²) in [6.45, 7) is 8.08. The molecule has 1 aromatic rings. The molecule has 0 fully saturated rings. The first-order valence-electron chi connectivity index (χ1n) is 6.78. The molecular formula is C15H23NOS. The highest BCUT2D eigenvalue weighted by atomic mass is 32.2. The van der Waals surface area contributed by atoms with E-state index in [9.17, 15) is 0 Å². The Hall–Kier alpha value is -0.510. The number of hydrogen-bond donors (Lipinski definition) is 1. The van der Waals surface area contributed by atoms with E-state index in [0.29, 0.717) is 11.2 Å². The third kappa shape index (κ3) is 4.30.